The number of amides is 3. The molecule has 3 saturated heterocycles. The van der Waals surface area contributed by atoms with Gasteiger partial charge in [-0.25, -0.2) is 8.78 Å². The molecule has 5 rings (SSSR count). The van der Waals surface area contributed by atoms with E-state index in [4.69, 9.17) is 11.6 Å². The molecule has 0 spiro atoms. The fraction of sp³-hybridized carbons (Fsp3) is 0.643. The highest BCUT2D eigenvalue weighted by atomic mass is 35.5. The van der Waals surface area contributed by atoms with E-state index in [1.165, 1.54) is 4.90 Å². The van der Waals surface area contributed by atoms with E-state index in [-0.39, 0.29) is 24.7 Å². The molecular weight excluding hydrogens is 528 g/mol. The zero-order valence-electron chi connectivity index (χ0n) is 22.3. The van der Waals surface area contributed by atoms with Gasteiger partial charge >= 0.3 is 0 Å². The number of carbonyl (C=O) groups is 3. The second-order valence-corrected chi connectivity index (χ2v) is 11.8. The van der Waals surface area contributed by atoms with Crippen LogP contribution in [0.25, 0.3) is 0 Å². The van der Waals surface area contributed by atoms with Crippen LogP contribution in [0.4, 0.5) is 14.5 Å². The summed E-state index contributed by atoms with van der Waals surface area (Å²) in [6, 6.07) is 4.91. The van der Waals surface area contributed by atoms with Crippen LogP contribution in [-0.4, -0.2) is 59.3 Å². The molecule has 1 aliphatic carbocycles. The molecule has 4 aliphatic rings. The number of fused-ring (bicyclic) bond motifs is 3. The minimum Gasteiger partial charge on any atom is -0.374 e. The average molecular weight is 564 g/mol. The Labute approximate surface area is 232 Å². The van der Waals surface area contributed by atoms with Gasteiger partial charge in [0.25, 0.3) is 5.92 Å². The lowest BCUT2D eigenvalue weighted by atomic mass is 9.71. The Morgan fingerprint density at radius 2 is 2.05 bits per heavy atom. The number of benzene rings is 1. The number of alkyl halides is 2. The quantitative estimate of drug-likeness (QED) is 0.418. The van der Waals surface area contributed by atoms with Crippen LogP contribution < -0.4 is 16.0 Å². The SMILES string of the molecule is CC(C)C[C@H](Nc1cccc(Cl)c1)C(=O)N1[C@@H]2CC[C@H]([C@@H]1C(=O)N[C@H](C#N)C[C@@H]1CCCNC1=O)C(F)(F)C2. The molecular formula is C28H36ClF2N5O3. The molecule has 2 bridgehead atoms. The van der Waals surface area contributed by atoms with Crippen molar-refractivity contribution < 1.29 is 23.2 Å². The Balaban J connectivity index is 1.58. The van der Waals surface area contributed by atoms with E-state index in [2.05, 4.69) is 16.0 Å². The van der Waals surface area contributed by atoms with E-state index in [0.717, 1.165) is 6.42 Å². The number of nitriles is 1. The number of piperidine rings is 3. The molecule has 39 heavy (non-hydrogen) atoms. The molecule has 11 heteroatoms. The maximum absolute atomic E-state index is 15.1. The molecule has 0 unspecified atom stereocenters. The molecule has 4 fully saturated rings. The van der Waals surface area contributed by atoms with E-state index in [1.54, 1.807) is 24.3 Å². The van der Waals surface area contributed by atoms with Gasteiger partial charge < -0.3 is 20.9 Å². The zero-order valence-corrected chi connectivity index (χ0v) is 23.0. The summed E-state index contributed by atoms with van der Waals surface area (Å²) in [6.45, 7) is 4.48. The number of nitrogens with one attached hydrogen (secondary N) is 3. The van der Waals surface area contributed by atoms with Gasteiger partial charge in [0, 0.05) is 35.6 Å². The summed E-state index contributed by atoms with van der Waals surface area (Å²) in [5.41, 5.74) is 0.616. The van der Waals surface area contributed by atoms with Crippen molar-refractivity contribution in [3.63, 3.8) is 0 Å². The lowest BCUT2D eigenvalue weighted by molar-refractivity contribution is -0.194. The van der Waals surface area contributed by atoms with E-state index < -0.39 is 60.2 Å². The first-order chi connectivity index (χ1) is 18.5. The van der Waals surface area contributed by atoms with Crippen LogP contribution in [-0.2, 0) is 14.4 Å². The molecule has 3 heterocycles. The fourth-order valence-corrected chi connectivity index (χ4v) is 6.41. The predicted molar refractivity (Wildman–Crippen MR) is 143 cm³/mol. The van der Waals surface area contributed by atoms with Gasteiger partial charge in [-0.3, -0.25) is 14.4 Å². The van der Waals surface area contributed by atoms with Crippen molar-refractivity contribution in [1.29, 1.82) is 5.26 Å². The van der Waals surface area contributed by atoms with Crippen molar-refractivity contribution in [3.05, 3.63) is 29.3 Å². The first kappa shape index (κ1) is 29.1. The number of hydrogen-bond acceptors (Lipinski definition) is 5. The van der Waals surface area contributed by atoms with Gasteiger partial charge in [0.15, 0.2) is 0 Å². The van der Waals surface area contributed by atoms with Gasteiger partial charge in [-0.15, -0.1) is 0 Å². The number of rotatable bonds is 9. The molecule has 1 aromatic carbocycles. The minimum absolute atomic E-state index is 0.0888. The van der Waals surface area contributed by atoms with Crippen molar-refractivity contribution in [3.8, 4) is 6.07 Å². The Morgan fingerprint density at radius 3 is 2.69 bits per heavy atom. The predicted octanol–water partition coefficient (Wildman–Crippen LogP) is 4.11. The first-order valence-electron chi connectivity index (χ1n) is 13.7. The van der Waals surface area contributed by atoms with Gasteiger partial charge in [0.1, 0.15) is 18.1 Å². The third kappa shape index (κ3) is 6.63. The van der Waals surface area contributed by atoms with Crippen LogP contribution in [0.2, 0.25) is 5.02 Å². The molecule has 0 radical (unpaired) electrons. The second kappa shape index (κ2) is 12.1. The lowest BCUT2D eigenvalue weighted by Crippen LogP contribution is -2.70. The van der Waals surface area contributed by atoms with Gasteiger partial charge in [0.05, 0.1) is 12.0 Å². The molecule has 3 amide bonds. The summed E-state index contributed by atoms with van der Waals surface area (Å²) < 4.78 is 30.3. The number of hydrogen-bond donors (Lipinski definition) is 3. The maximum Gasteiger partial charge on any atom is 0.255 e. The van der Waals surface area contributed by atoms with Crippen molar-refractivity contribution in [2.75, 3.05) is 11.9 Å². The van der Waals surface area contributed by atoms with Gasteiger partial charge in [0.2, 0.25) is 17.7 Å². The molecule has 1 aromatic rings. The third-order valence-electron chi connectivity index (χ3n) is 8.02. The van der Waals surface area contributed by atoms with Crippen molar-refractivity contribution in [2.24, 2.45) is 17.8 Å². The molecule has 6 atom stereocenters. The fourth-order valence-electron chi connectivity index (χ4n) is 6.22. The smallest absolute Gasteiger partial charge is 0.255 e. The van der Waals surface area contributed by atoms with Crippen molar-refractivity contribution in [2.45, 2.75) is 88.9 Å². The van der Waals surface area contributed by atoms with Crippen LogP contribution >= 0.6 is 11.6 Å². The number of anilines is 1. The Hall–Kier alpha value is -2.93. The van der Waals surface area contributed by atoms with E-state index in [0.29, 0.717) is 36.5 Å². The zero-order chi connectivity index (χ0) is 28.3. The summed E-state index contributed by atoms with van der Waals surface area (Å²) in [5.74, 6) is -6.18. The largest absolute Gasteiger partial charge is 0.374 e. The summed E-state index contributed by atoms with van der Waals surface area (Å²) >= 11 is 6.13. The molecule has 3 aliphatic heterocycles. The second-order valence-electron chi connectivity index (χ2n) is 11.4. The molecule has 0 aromatic heterocycles. The summed E-state index contributed by atoms with van der Waals surface area (Å²) in [6.07, 6.45) is 1.85. The number of carbonyl (C=O) groups excluding carboxylic acids is 3. The molecule has 212 valence electrons. The summed E-state index contributed by atoms with van der Waals surface area (Å²) in [7, 11) is 0. The van der Waals surface area contributed by atoms with Gasteiger partial charge in [-0.1, -0.05) is 31.5 Å². The Kier molecular flexibility index (Phi) is 9.00. The van der Waals surface area contributed by atoms with Crippen LogP contribution in [0.1, 0.15) is 58.8 Å². The van der Waals surface area contributed by atoms with Crippen molar-refractivity contribution in [1.82, 2.24) is 15.5 Å². The van der Waals surface area contributed by atoms with Crippen molar-refractivity contribution >= 4 is 35.0 Å². The van der Waals surface area contributed by atoms with Gasteiger partial charge in [-0.05, 0) is 62.6 Å². The van der Waals surface area contributed by atoms with Crippen LogP contribution in [0.5, 0.6) is 0 Å². The van der Waals surface area contributed by atoms with E-state index in [1.807, 2.05) is 19.9 Å². The summed E-state index contributed by atoms with van der Waals surface area (Å²) in [5, 5.41) is 18.8. The van der Waals surface area contributed by atoms with Crippen LogP contribution in [0, 0.1) is 29.1 Å². The summed E-state index contributed by atoms with van der Waals surface area (Å²) in [4.78, 5) is 41.2. The number of halogens is 3. The highest BCUT2D eigenvalue weighted by molar-refractivity contribution is 6.30. The number of nitrogens with zero attached hydrogens (tertiary/aromatic N) is 2. The third-order valence-corrected chi connectivity index (χ3v) is 8.26. The first-order valence-corrected chi connectivity index (χ1v) is 14.1. The minimum atomic E-state index is -3.11. The highest BCUT2D eigenvalue weighted by Crippen LogP contribution is 2.49. The van der Waals surface area contributed by atoms with Gasteiger partial charge in [-0.2, -0.15) is 5.26 Å². The average Bonchev–Trinajstić information content (AvgIpc) is 2.87. The topological polar surface area (TPSA) is 114 Å². The highest BCUT2D eigenvalue weighted by Gasteiger charge is 2.61. The van der Waals surface area contributed by atoms with E-state index in [9.17, 15) is 19.6 Å². The monoisotopic (exact) mass is 563 g/mol. The molecule has 8 nitrogen and oxygen atoms in total. The Bertz CT molecular complexity index is 1130. The molecule has 3 N–H and O–H groups in total. The lowest BCUT2D eigenvalue weighted by Gasteiger charge is -2.54. The van der Waals surface area contributed by atoms with Crippen LogP contribution in [0.15, 0.2) is 24.3 Å². The van der Waals surface area contributed by atoms with E-state index >= 15 is 8.78 Å². The normalized spacial score (nSPS) is 27.3. The molecule has 1 saturated carbocycles. The standard InChI is InChI=1S/C28H36ClF2N5O3/c1-16(2)11-23(34-19-7-3-6-18(29)13-19)27(39)36-21-8-9-22(28(30,31)14-21)24(36)26(38)35-20(15-32)12-17-5-4-10-33-25(17)37/h3,6-7,13,16-17,20-24,34H,4-5,8-12,14H2,1-2H3,(H,33,37)(H,35,38)/t17-,20-,21+,22+,23-,24+/m0/s1. The maximum atomic E-state index is 15.1. The van der Waals surface area contributed by atoms with Crippen LogP contribution in [0.3, 0.4) is 0 Å². The Morgan fingerprint density at radius 1 is 1.28 bits per heavy atom.